The number of fused-ring (bicyclic) bond motifs is 5. The van der Waals surface area contributed by atoms with E-state index in [2.05, 4.69) is 13.8 Å². The van der Waals surface area contributed by atoms with E-state index in [1.54, 1.807) is 26.8 Å². The first-order valence-electron chi connectivity index (χ1n) is 29.7. The number of ketones is 2. The Balaban J connectivity index is 1.20. The lowest BCUT2D eigenvalue weighted by Crippen LogP contribution is -2.69. The number of aliphatic hydroxyl groups excluding tert-OH is 1. The van der Waals surface area contributed by atoms with Crippen molar-refractivity contribution in [1.29, 1.82) is 0 Å². The molecule has 0 bridgehead atoms. The van der Waals surface area contributed by atoms with E-state index >= 15 is 4.39 Å². The van der Waals surface area contributed by atoms with E-state index in [1.165, 1.54) is 122 Å². The predicted octanol–water partition coefficient (Wildman–Crippen LogP) is 13.2. The van der Waals surface area contributed by atoms with E-state index in [9.17, 15) is 39.0 Å². The van der Waals surface area contributed by atoms with Gasteiger partial charge in [0.05, 0.1) is 18.9 Å². The van der Waals surface area contributed by atoms with Crippen molar-refractivity contribution in [1.82, 2.24) is 0 Å². The lowest BCUT2D eigenvalue weighted by atomic mass is 9.45. The van der Waals surface area contributed by atoms with E-state index in [-0.39, 0.29) is 51.1 Å². The molecule has 2 N–H and O–H groups in total. The molecule has 4 aliphatic rings. The van der Waals surface area contributed by atoms with Crippen LogP contribution in [0.2, 0.25) is 0 Å². The number of ether oxygens (including phenoxy) is 4. The molecular weight excluding hydrogens is 944 g/mol. The van der Waals surface area contributed by atoms with Gasteiger partial charge in [-0.05, 0) is 56.9 Å². The third kappa shape index (κ3) is 17.8. The highest BCUT2D eigenvalue weighted by atomic mass is 19.1. The number of hydrogen-bond acceptors (Lipinski definition) is 12. The fourth-order valence-corrected chi connectivity index (χ4v) is 13.0. The summed E-state index contributed by atoms with van der Waals surface area (Å²) in [7, 11) is 0. The Morgan fingerprint density at radius 3 is 1.55 bits per heavy atom. The number of carbonyl (C=O) groups is 6. The lowest BCUT2D eigenvalue weighted by Gasteiger charge is -2.62. The van der Waals surface area contributed by atoms with E-state index in [0.717, 1.165) is 38.5 Å². The fourth-order valence-electron chi connectivity index (χ4n) is 13.0. The molecule has 4 rings (SSSR count). The summed E-state index contributed by atoms with van der Waals surface area (Å²) in [5.74, 6) is -5.34. The number of carbonyl (C=O) groups excluding carboxylic acids is 6. The molecule has 13 heteroatoms. The molecular formula is C61H99FO12. The van der Waals surface area contributed by atoms with Gasteiger partial charge in [0.2, 0.25) is 5.78 Å². The van der Waals surface area contributed by atoms with Gasteiger partial charge in [-0.25, -0.2) is 4.39 Å². The molecule has 74 heavy (non-hydrogen) atoms. The summed E-state index contributed by atoms with van der Waals surface area (Å²) in [5, 5.41) is 23.9. The standard InChI is InChI=1S/C61H99FO12/c1-6-8-10-12-14-16-18-20-22-24-26-28-30-32-54(66)71-43-49(74-57(69)33-31-29-27-25-23-21-19-17-15-13-11-9-7-2)44-72-55(67)36-37-56(68)73-45-53(65)61(70)46(3)40-51-50-35-34-47-41-48(63)38-39-58(47,4)60(50,62)52(64)42-59(51,61)5/h34,38-39,46,49-52,64,70H,6-33,35-37,40-45H2,1-5H3/t46-,49?,50?,51?,52?,58?,59?,60+,61+/m1/s1. The minimum Gasteiger partial charge on any atom is -0.462 e. The number of halogens is 1. The van der Waals surface area contributed by atoms with E-state index < -0.39 is 101 Å². The van der Waals surface area contributed by atoms with Crippen LogP contribution in [0.1, 0.15) is 253 Å². The Morgan fingerprint density at radius 1 is 0.635 bits per heavy atom. The third-order valence-electron chi connectivity index (χ3n) is 17.6. The Morgan fingerprint density at radius 2 is 1.07 bits per heavy atom. The zero-order valence-electron chi connectivity index (χ0n) is 46.6. The predicted molar refractivity (Wildman–Crippen MR) is 285 cm³/mol. The number of hydrogen-bond donors (Lipinski definition) is 2. The van der Waals surface area contributed by atoms with Gasteiger partial charge >= 0.3 is 23.9 Å². The molecule has 0 radical (unpaired) electrons. The Kier molecular flexibility index (Phi) is 27.6. The second-order valence-corrected chi connectivity index (χ2v) is 23.2. The molecule has 0 aromatic heterocycles. The first kappa shape index (κ1) is 63.1. The van der Waals surface area contributed by atoms with Crippen LogP contribution < -0.4 is 0 Å². The Labute approximate surface area is 444 Å². The number of allylic oxidation sites excluding steroid dienone is 4. The highest BCUT2D eigenvalue weighted by Gasteiger charge is 2.75. The molecule has 6 unspecified atom stereocenters. The Bertz CT molecular complexity index is 1830. The van der Waals surface area contributed by atoms with Crippen LogP contribution in [0.15, 0.2) is 23.8 Å². The van der Waals surface area contributed by atoms with Crippen molar-refractivity contribution in [3.63, 3.8) is 0 Å². The summed E-state index contributed by atoms with van der Waals surface area (Å²) < 4.78 is 39.5. The molecule has 9 atom stereocenters. The lowest BCUT2D eigenvalue weighted by molar-refractivity contribution is -0.215. The third-order valence-corrected chi connectivity index (χ3v) is 17.6. The second-order valence-electron chi connectivity index (χ2n) is 23.2. The molecule has 0 aliphatic heterocycles. The van der Waals surface area contributed by atoms with Gasteiger partial charge in [0.1, 0.15) is 18.8 Å². The highest BCUT2D eigenvalue weighted by Crippen LogP contribution is 2.70. The van der Waals surface area contributed by atoms with Crippen LogP contribution in [0.4, 0.5) is 4.39 Å². The van der Waals surface area contributed by atoms with Crippen LogP contribution in [0.3, 0.4) is 0 Å². The highest BCUT2D eigenvalue weighted by molar-refractivity contribution is 5.94. The van der Waals surface area contributed by atoms with Crippen LogP contribution in [-0.4, -0.2) is 89.0 Å². The average molecular weight is 1040 g/mol. The number of rotatable bonds is 39. The normalized spacial score (nSPS) is 27.4. The van der Waals surface area contributed by atoms with Gasteiger partial charge in [0, 0.05) is 36.0 Å². The molecule has 0 amide bonds. The first-order chi connectivity index (χ1) is 35.5. The van der Waals surface area contributed by atoms with Crippen LogP contribution >= 0.6 is 0 Å². The van der Waals surface area contributed by atoms with Crippen LogP contribution in [0.25, 0.3) is 0 Å². The van der Waals surface area contributed by atoms with Crippen LogP contribution in [0, 0.1) is 28.6 Å². The van der Waals surface area contributed by atoms with Gasteiger partial charge in [-0.2, -0.15) is 0 Å². The molecule has 2 saturated carbocycles. The van der Waals surface area contributed by atoms with Crippen molar-refractivity contribution < 1.29 is 62.3 Å². The van der Waals surface area contributed by atoms with Gasteiger partial charge < -0.3 is 29.2 Å². The molecule has 422 valence electrons. The van der Waals surface area contributed by atoms with Crippen LogP contribution in [0.5, 0.6) is 0 Å². The smallest absolute Gasteiger partial charge is 0.306 e. The van der Waals surface area contributed by atoms with Gasteiger partial charge in [-0.1, -0.05) is 200 Å². The average Bonchev–Trinajstić information content (AvgIpc) is 3.57. The molecule has 2 fully saturated rings. The summed E-state index contributed by atoms with van der Waals surface area (Å²) in [5.41, 5.74) is -6.00. The van der Waals surface area contributed by atoms with Gasteiger partial charge in [-0.3, -0.25) is 28.8 Å². The maximum atomic E-state index is 17.6. The van der Waals surface area contributed by atoms with Crippen LogP contribution in [-0.2, 0) is 47.7 Å². The summed E-state index contributed by atoms with van der Waals surface area (Å²) in [6, 6.07) is 0. The number of alkyl halides is 1. The number of Topliss-reactive ketones (excluding diaryl/α,β-unsaturated/α-hetero) is 1. The molecule has 0 aromatic rings. The minimum atomic E-state index is -2.13. The quantitative estimate of drug-likeness (QED) is 0.0258. The summed E-state index contributed by atoms with van der Waals surface area (Å²) in [4.78, 5) is 77.7. The summed E-state index contributed by atoms with van der Waals surface area (Å²) >= 11 is 0. The van der Waals surface area contributed by atoms with Crippen molar-refractivity contribution in [2.45, 2.75) is 276 Å². The molecule has 0 heterocycles. The van der Waals surface area contributed by atoms with E-state index in [0.29, 0.717) is 24.8 Å². The molecule has 0 aromatic carbocycles. The van der Waals surface area contributed by atoms with E-state index in [4.69, 9.17) is 18.9 Å². The topological polar surface area (TPSA) is 180 Å². The molecule has 4 aliphatic carbocycles. The van der Waals surface area contributed by atoms with Gasteiger partial charge in [0.25, 0.3) is 0 Å². The number of unbranched alkanes of at least 4 members (excludes halogenated alkanes) is 24. The largest absolute Gasteiger partial charge is 0.462 e. The van der Waals surface area contributed by atoms with Gasteiger partial charge in [-0.15, -0.1) is 0 Å². The monoisotopic (exact) mass is 1040 g/mol. The van der Waals surface area contributed by atoms with Gasteiger partial charge in [0.15, 0.2) is 24.2 Å². The molecule has 0 spiro atoms. The molecule has 0 saturated heterocycles. The number of esters is 4. The summed E-state index contributed by atoms with van der Waals surface area (Å²) in [6.45, 7) is 8.14. The zero-order valence-corrected chi connectivity index (χ0v) is 46.6. The van der Waals surface area contributed by atoms with Crippen molar-refractivity contribution >= 4 is 35.4 Å². The number of aliphatic hydroxyl groups is 2. The van der Waals surface area contributed by atoms with Crippen molar-refractivity contribution in [3.8, 4) is 0 Å². The SMILES string of the molecule is CCCCCCCCCCCCCCCC(=O)OCC(COC(=O)CCC(=O)OCC(=O)[C@@]1(O)[C@H](C)CC2C3CC=C4CC(=O)C=CC4(C)[C@@]3(F)C(O)CC21C)OC(=O)CCCCCCCCCCCCCCC. The maximum Gasteiger partial charge on any atom is 0.306 e. The second kappa shape index (κ2) is 32.3. The van der Waals surface area contributed by atoms with Crippen molar-refractivity contribution in [2.75, 3.05) is 19.8 Å². The molecule has 12 nitrogen and oxygen atoms in total. The fraction of sp³-hybridized carbons (Fsp3) is 0.836. The van der Waals surface area contributed by atoms with Crippen molar-refractivity contribution in [3.05, 3.63) is 23.8 Å². The maximum absolute atomic E-state index is 17.6. The first-order valence-corrected chi connectivity index (χ1v) is 29.7. The summed E-state index contributed by atoms with van der Waals surface area (Å²) in [6.07, 6.45) is 32.9. The zero-order chi connectivity index (χ0) is 54.0. The van der Waals surface area contributed by atoms with Crippen molar-refractivity contribution in [2.24, 2.45) is 28.6 Å². The Hall–Kier alpha value is -3.45. The minimum absolute atomic E-state index is 0.0776. The van der Waals surface area contributed by atoms with E-state index in [1.807, 2.05) is 6.08 Å².